The number of halogens is 1. The van der Waals surface area contributed by atoms with Crippen molar-refractivity contribution in [3.8, 4) is 0 Å². The summed E-state index contributed by atoms with van der Waals surface area (Å²) in [7, 11) is -3.76. The van der Waals surface area contributed by atoms with E-state index >= 15 is 0 Å². The zero-order valence-electron chi connectivity index (χ0n) is 13.9. The number of ketones is 1. The van der Waals surface area contributed by atoms with Crippen LogP contribution in [0.5, 0.6) is 0 Å². The van der Waals surface area contributed by atoms with Crippen molar-refractivity contribution in [3.05, 3.63) is 87.4 Å². The minimum Gasteiger partial charge on any atom is -0.288 e. The van der Waals surface area contributed by atoms with Crippen molar-refractivity contribution in [2.45, 2.75) is 18.4 Å². The van der Waals surface area contributed by atoms with E-state index in [9.17, 15) is 17.6 Å². The van der Waals surface area contributed by atoms with Crippen LogP contribution in [0, 0.1) is 12.7 Å². The third-order valence-corrected chi connectivity index (χ3v) is 6.28. The summed E-state index contributed by atoms with van der Waals surface area (Å²) in [6, 6.07) is 15.9. The van der Waals surface area contributed by atoms with Crippen LogP contribution in [0.4, 0.5) is 4.39 Å². The van der Waals surface area contributed by atoms with Gasteiger partial charge in [-0.3, -0.25) is 4.79 Å². The molecule has 0 radical (unpaired) electrons. The van der Waals surface area contributed by atoms with Crippen molar-refractivity contribution >= 4 is 27.1 Å². The maximum atomic E-state index is 13.3. The normalized spacial score (nSPS) is 11.5. The standard InChI is InChI=1S/C19H16FNO3S2/c1-13-11-16(8-9-17(13)20)26(23,24)21-12-15-7-10-18(25-15)19(22)14-5-3-2-4-6-14/h2-11,21H,12H2,1H3. The van der Waals surface area contributed by atoms with Crippen LogP contribution in [-0.4, -0.2) is 14.2 Å². The summed E-state index contributed by atoms with van der Waals surface area (Å²) in [5.41, 5.74) is 0.850. The van der Waals surface area contributed by atoms with E-state index in [1.54, 1.807) is 36.4 Å². The molecule has 4 nitrogen and oxygen atoms in total. The van der Waals surface area contributed by atoms with Gasteiger partial charge in [0, 0.05) is 17.0 Å². The van der Waals surface area contributed by atoms with Gasteiger partial charge in [-0.2, -0.15) is 0 Å². The number of carbonyl (C=O) groups excluding carboxylic acids is 1. The molecule has 0 atom stereocenters. The van der Waals surface area contributed by atoms with Gasteiger partial charge >= 0.3 is 0 Å². The smallest absolute Gasteiger partial charge is 0.240 e. The second-order valence-corrected chi connectivity index (χ2v) is 8.63. The first kappa shape index (κ1) is 18.4. The molecule has 0 aliphatic rings. The number of benzene rings is 2. The van der Waals surface area contributed by atoms with Crippen molar-refractivity contribution in [1.82, 2.24) is 4.72 Å². The quantitative estimate of drug-likeness (QED) is 0.650. The summed E-state index contributed by atoms with van der Waals surface area (Å²) < 4.78 is 40.5. The molecule has 134 valence electrons. The van der Waals surface area contributed by atoms with Crippen LogP contribution in [0.15, 0.2) is 65.6 Å². The van der Waals surface area contributed by atoms with Gasteiger partial charge in [0.25, 0.3) is 0 Å². The first-order chi connectivity index (χ1) is 12.4. The maximum Gasteiger partial charge on any atom is 0.240 e. The molecule has 3 rings (SSSR count). The van der Waals surface area contributed by atoms with Crippen LogP contribution in [0.25, 0.3) is 0 Å². The summed E-state index contributed by atoms with van der Waals surface area (Å²) in [4.78, 5) is 13.7. The van der Waals surface area contributed by atoms with Gasteiger partial charge in [0.1, 0.15) is 5.82 Å². The Morgan fingerprint density at radius 2 is 1.81 bits per heavy atom. The lowest BCUT2D eigenvalue weighted by Gasteiger charge is -2.07. The first-order valence-electron chi connectivity index (χ1n) is 7.81. The number of aryl methyl sites for hydroxylation is 1. The predicted molar refractivity (Wildman–Crippen MR) is 99.4 cm³/mol. The van der Waals surface area contributed by atoms with Gasteiger partial charge in [-0.1, -0.05) is 30.3 Å². The molecule has 0 spiro atoms. The van der Waals surface area contributed by atoms with Crippen LogP contribution in [0.2, 0.25) is 0 Å². The Hall–Kier alpha value is -2.35. The predicted octanol–water partition coefficient (Wildman–Crippen LogP) is 3.91. The van der Waals surface area contributed by atoms with Gasteiger partial charge < -0.3 is 0 Å². The van der Waals surface area contributed by atoms with E-state index in [0.717, 1.165) is 6.07 Å². The molecule has 1 heterocycles. The molecule has 0 fully saturated rings. The lowest BCUT2D eigenvalue weighted by atomic mass is 10.1. The number of thiophene rings is 1. The fourth-order valence-electron chi connectivity index (χ4n) is 2.36. The highest BCUT2D eigenvalue weighted by atomic mass is 32.2. The number of rotatable bonds is 6. The highest BCUT2D eigenvalue weighted by Crippen LogP contribution is 2.21. The molecule has 0 amide bonds. The van der Waals surface area contributed by atoms with Crippen LogP contribution in [0.1, 0.15) is 25.7 Å². The Morgan fingerprint density at radius 3 is 2.50 bits per heavy atom. The molecular weight excluding hydrogens is 373 g/mol. The zero-order chi connectivity index (χ0) is 18.7. The van der Waals surface area contributed by atoms with E-state index < -0.39 is 15.8 Å². The van der Waals surface area contributed by atoms with Crippen molar-refractivity contribution < 1.29 is 17.6 Å². The Bertz CT molecular complexity index is 1040. The van der Waals surface area contributed by atoms with E-state index in [2.05, 4.69) is 4.72 Å². The third-order valence-electron chi connectivity index (χ3n) is 3.80. The first-order valence-corrected chi connectivity index (χ1v) is 10.1. The van der Waals surface area contributed by atoms with E-state index in [4.69, 9.17) is 0 Å². The zero-order valence-corrected chi connectivity index (χ0v) is 15.5. The van der Waals surface area contributed by atoms with Crippen molar-refractivity contribution in [3.63, 3.8) is 0 Å². The van der Waals surface area contributed by atoms with E-state index in [-0.39, 0.29) is 22.8 Å². The molecule has 0 saturated carbocycles. The van der Waals surface area contributed by atoms with Crippen LogP contribution >= 0.6 is 11.3 Å². The van der Waals surface area contributed by atoms with Gasteiger partial charge in [-0.25, -0.2) is 17.5 Å². The molecule has 0 aliphatic carbocycles. The summed E-state index contributed by atoms with van der Waals surface area (Å²) in [6.07, 6.45) is 0. The fourth-order valence-corrected chi connectivity index (χ4v) is 4.45. The topological polar surface area (TPSA) is 63.2 Å². The lowest BCUT2D eigenvalue weighted by molar-refractivity contribution is 0.104. The summed E-state index contributed by atoms with van der Waals surface area (Å²) in [5, 5.41) is 0. The minimum atomic E-state index is -3.76. The highest BCUT2D eigenvalue weighted by molar-refractivity contribution is 7.89. The average molecular weight is 389 g/mol. The van der Waals surface area contributed by atoms with Gasteiger partial charge in [0.05, 0.1) is 9.77 Å². The van der Waals surface area contributed by atoms with Gasteiger partial charge in [0.2, 0.25) is 15.8 Å². The third kappa shape index (κ3) is 4.07. The van der Waals surface area contributed by atoms with E-state index in [0.29, 0.717) is 15.3 Å². The molecule has 0 bridgehead atoms. The molecule has 3 aromatic rings. The van der Waals surface area contributed by atoms with Gasteiger partial charge in [0.15, 0.2) is 0 Å². The molecule has 7 heteroatoms. The minimum absolute atomic E-state index is 0.00791. The van der Waals surface area contributed by atoms with Crippen LogP contribution < -0.4 is 4.72 Å². The number of hydrogen-bond acceptors (Lipinski definition) is 4. The molecule has 2 aromatic carbocycles. The van der Waals surface area contributed by atoms with E-state index in [1.807, 2.05) is 6.07 Å². The maximum absolute atomic E-state index is 13.3. The molecule has 0 unspecified atom stereocenters. The average Bonchev–Trinajstić information content (AvgIpc) is 3.11. The lowest BCUT2D eigenvalue weighted by Crippen LogP contribution is -2.22. The SMILES string of the molecule is Cc1cc(S(=O)(=O)NCc2ccc(C(=O)c3ccccc3)s2)ccc1F. The van der Waals surface area contributed by atoms with Gasteiger partial charge in [-0.05, 0) is 42.8 Å². The molecule has 1 aromatic heterocycles. The van der Waals surface area contributed by atoms with Crippen LogP contribution in [-0.2, 0) is 16.6 Å². The van der Waals surface area contributed by atoms with Crippen LogP contribution in [0.3, 0.4) is 0 Å². The summed E-state index contributed by atoms with van der Waals surface area (Å²) in [5.74, 6) is -0.551. The monoisotopic (exact) mass is 389 g/mol. The Kier molecular flexibility index (Phi) is 5.31. The fraction of sp³-hybridized carbons (Fsp3) is 0.105. The molecular formula is C19H16FNO3S2. The van der Waals surface area contributed by atoms with Crippen molar-refractivity contribution in [1.29, 1.82) is 0 Å². The second kappa shape index (κ2) is 7.49. The Balaban J connectivity index is 1.71. The Labute approximate surface area is 155 Å². The summed E-state index contributed by atoms with van der Waals surface area (Å²) >= 11 is 1.24. The molecule has 26 heavy (non-hydrogen) atoms. The van der Waals surface area contributed by atoms with Crippen molar-refractivity contribution in [2.75, 3.05) is 0 Å². The number of nitrogens with one attached hydrogen (secondary N) is 1. The number of hydrogen-bond donors (Lipinski definition) is 1. The molecule has 0 aliphatic heterocycles. The highest BCUT2D eigenvalue weighted by Gasteiger charge is 2.17. The van der Waals surface area contributed by atoms with Crippen molar-refractivity contribution in [2.24, 2.45) is 0 Å². The molecule has 0 saturated heterocycles. The second-order valence-electron chi connectivity index (χ2n) is 5.70. The van der Waals surface area contributed by atoms with Gasteiger partial charge in [-0.15, -0.1) is 11.3 Å². The largest absolute Gasteiger partial charge is 0.288 e. The summed E-state index contributed by atoms with van der Waals surface area (Å²) in [6.45, 7) is 1.57. The molecule has 1 N–H and O–H groups in total. The Morgan fingerprint density at radius 1 is 1.08 bits per heavy atom. The number of sulfonamides is 1. The van der Waals surface area contributed by atoms with E-state index in [1.165, 1.54) is 30.4 Å². The number of carbonyl (C=O) groups is 1.